The Bertz CT molecular complexity index is 353. The maximum Gasteiger partial charge on any atom is 0.147 e. The topological polar surface area (TPSA) is 9.23 Å². The summed E-state index contributed by atoms with van der Waals surface area (Å²) in [7, 11) is 0. The monoisotopic (exact) mass is 476 g/mol. The Morgan fingerprint density at radius 1 is 1.12 bits per heavy atom. The molecule has 16 heavy (non-hydrogen) atoms. The van der Waals surface area contributed by atoms with E-state index in [-0.39, 0.29) is 5.41 Å². The third-order valence-corrected chi connectivity index (χ3v) is 5.09. The molecule has 1 aromatic rings. The van der Waals surface area contributed by atoms with E-state index in [4.69, 9.17) is 4.74 Å². The molecule has 0 aliphatic carbocycles. The second kappa shape index (κ2) is 6.21. The molecular formula is C11H12Br4O. The van der Waals surface area contributed by atoms with E-state index in [1.807, 2.05) is 12.1 Å². The second-order valence-corrected chi connectivity index (χ2v) is 7.47. The number of ether oxygens (including phenoxy) is 1. The summed E-state index contributed by atoms with van der Waals surface area (Å²) in [5.74, 6) is 0.845. The minimum Gasteiger partial charge on any atom is -0.491 e. The Morgan fingerprint density at radius 2 is 1.62 bits per heavy atom. The van der Waals surface area contributed by atoms with Crippen LogP contribution < -0.4 is 4.74 Å². The van der Waals surface area contributed by atoms with E-state index in [1.54, 1.807) is 0 Å². The summed E-state index contributed by atoms with van der Waals surface area (Å²) in [5.41, 5.74) is 0.117. The van der Waals surface area contributed by atoms with E-state index < -0.39 is 0 Å². The minimum atomic E-state index is 0.117. The Labute approximate surface area is 130 Å². The Balaban J connectivity index is 2.82. The molecule has 90 valence electrons. The van der Waals surface area contributed by atoms with Crippen LogP contribution in [0.15, 0.2) is 25.6 Å². The molecule has 0 aliphatic heterocycles. The van der Waals surface area contributed by atoms with E-state index in [0.29, 0.717) is 6.61 Å². The maximum atomic E-state index is 5.83. The molecule has 0 atom stereocenters. The molecule has 1 nitrogen and oxygen atoms in total. The molecule has 0 saturated carbocycles. The third kappa shape index (κ3) is 4.31. The van der Waals surface area contributed by atoms with E-state index >= 15 is 0 Å². The van der Waals surface area contributed by atoms with Gasteiger partial charge in [0.1, 0.15) is 5.75 Å². The van der Waals surface area contributed by atoms with Crippen molar-refractivity contribution < 1.29 is 4.74 Å². The van der Waals surface area contributed by atoms with Gasteiger partial charge in [-0.05, 0) is 44.0 Å². The van der Waals surface area contributed by atoms with Crippen LogP contribution in [-0.4, -0.2) is 11.9 Å². The summed E-state index contributed by atoms with van der Waals surface area (Å²) < 4.78 is 8.73. The van der Waals surface area contributed by atoms with Gasteiger partial charge >= 0.3 is 0 Å². The smallest absolute Gasteiger partial charge is 0.147 e. The van der Waals surface area contributed by atoms with Gasteiger partial charge < -0.3 is 4.74 Å². The maximum absolute atomic E-state index is 5.83. The van der Waals surface area contributed by atoms with Gasteiger partial charge in [-0.2, -0.15) is 0 Å². The first kappa shape index (κ1) is 15.0. The van der Waals surface area contributed by atoms with Crippen LogP contribution in [0.2, 0.25) is 0 Å². The van der Waals surface area contributed by atoms with E-state index in [9.17, 15) is 0 Å². The van der Waals surface area contributed by atoms with Crippen molar-refractivity contribution in [3.63, 3.8) is 0 Å². The molecule has 5 heteroatoms. The van der Waals surface area contributed by atoms with Crippen LogP contribution in [-0.2, 0) is 0 Å². The number of rotatable bonds is 4. The highest BCUT2D eigenvalue weighted by Gasteiger charge is 2.18. The highest BCUT2D eigenvalue weighted by molar-refractivity contribution is 9.11. The van der Waals surface area contributed by atoms with Crippen molar-refractivity contribution in [2.75, 3.05) is 11.9 Å². The fourth-order valence-electron chi connectivity index (χ4n) is 0.973. The molecule has 0 saturated heterocycles. The molecule has 0 spiro atoms. The SMILES string of the molecule is CC(C)(CBr)COc1c(Br)cc(Br)cc1Br. The largest absolute Gasteiger partial charge is 0.491 e. The van der Waals surface area contributed by atoms with Crippen LogP contribution >= 0.6 is 63.7 Å². The molecule has 1 rings (SSSR count). The number of hydrogen-bond acceptors (Lipinski definition) is 1. The lowest BCUT2D eigenvalue weighted by Gasteiger charge is -2.22. The molecule has 0 aromatic heterocycles. The first-order valence-electron chi connectivity index (χ1n) is 4.69. The van der Waals surface area contributed by atoms with Crippen LogP contribution in [0, 0.1) is 5.41 Å². The second-order valence-electron chi connectivity index (χ2n) is 4.29. The van der Waals surface area contributed by atoms with E-state index in [0.717, 1.165) is 24.5 Å². The molecule has 0 aliphatic rings. The van der Waals surface area contributed by atoms with Crippen molar-refractivity contribution in [2.24, 2.45) is 5.41 Å². The lowest BCUT2D eigenvalue weighted by Crippen LogP contribution is -2.23. The highest BCUT2D eigenvalue weighted by atomic mass is 79.9. The summed E-state index contributed by atoms with van der Waals surface area (Å²) in [6, 6.07) is 3.95. The van der Waals surface area contributed by atoms with Crippen molar-refractivity contribution in [1.82, 2.24) is 0 Å². The average molecular weight is 480 g/mol. The zero-order valence-corrected chi connectivity index (χ0v) is 15.3. The Kier molecular flexibility index (Phi) is 5.82. The van der Waals surface area contributed by atoms with Crippen LogP contribution in [0.3, 0.4) is 0 Å². The number of halogens is 4. The molecule has 0 amide bonds. The molecule has 0 heterocycles. The normalized spacial score (nSPS) is 11.6. The van der Waals surface area contributed by atoms with Crippen LogP contribution in [0.25, 0.3) is 0 Å². The Hall–Kier alpha value is 0.940. The lowest BCUT2D eigenvalue weighted by molar-refractivity contribution is 0.201. The average Bonchev–Trinajstić information content (AvgIpc) is 2.16. The summed E-state index contributed by atoms with van der Waals surface area (Å²) in [4.78, 5) is 0. The van der Waals surface area contributed by atoms with Gasteiger partial charge in [0.15, 0.2) is 0 Å². The zero-order chi connectivity index (χ0) is 12.3. The van der Waals surface area contributed by atoms with Gasteiger partial charge in [0.25, 0.3) is 0 Å². The molecular weight excluding hydrogens is 468 g/mol. The standard InChI is InChI=1S/C11H12Br4O/c1-11(2,5-12)6-16-10-8(14)3-7(13)4-9(10)15/h3-4H,5-6H2,1-2H3. The van der Waals surface area contributed by atoms with Crippen LogP contribution in [0.4, 0.5) is 0 Å². The van der Waals surface area contributed by atoms with Gasteiger partial charge in [0, 0.05) is 15.2 Å². The zero-order valence-electron chi connectivity index (χ0n) is 8.99. The van der Waals surface area contributed by atoms with Gasteiger partial charge in [-0.3, -0.25) is 0 Å². The number of benzene rings is 1. The number of hydrogen-bond donors (Lipinski definition) is 0. The number of alkyl halides is 1. The highest BCUT2D eigenvalue weighted by Crippen LogP contribution is 2.37. The van der Waals surface area contributed by atoms with Crippen molar-refractivity contribution in [3.05, 3.63) is 25.6 Å². The lowest BCUT2D eigenvalue weighted by atomic mass is 9.98. The first-order chi connectivity index (χ1) is 7.35. The van der Waals surface area contributed by atoms with E-state index in [1.165, 1.54) is 0 Å². The van der Waals surface area contributed by atoms with Gasteiger partial charge in [-0.15, -0.1) is 0 Å². The van der Waals surface area contributed by atoms with Gasteiger partial charge in [0.2, 0.25) is 0 Å². The van der Waals surface area contributed by atoms with Crippen molar-refractivity contribution in [2.45, 2.75) is 13.8 Å². The quantitative estimate of drug-likeness (QED) is 0.498. The predicted octanol–water partition coefficient (Wildman–Crippen LogP) is 5.77. The fourth-order valence-corrected chi connectivity index (χ4v) is 3.62. The molecule has 0 unspecified atom stereocenters. The summed E-state index contributed by atoms with van der Waals surface area (Å²) in [6.07, 6.45) is 0. The first-order valence-corrected chi connectivity index (χ1v) is 8.19. The van der Waals surface area contributed by atoms with Gasteiger partial charge in [0.05, 0.1) is 15.6 Å². The summed E-state index contributed by atoms with van der Waals surface area (Å²) in [6.45, 7) is 4.97. The molecule has 0 radical (unpaired) electrons. The van der Waals surface area contributed by atoms with Gasteiger partial charge in [-0.25, -0.2) is 0 Å². The fraction of sp³-hybridized carbons (Fsp3) is 0.455. The molecule has 1 aromatic carbocycles. The summed E-state index contributed by atoms with van der Waals surface area (Å²) >= 11 is 13.9. The van der Waals surface area contributed by atoms with Crippen molar-refractivity contribution in [1.29, 1.82) is 0 Å². The molecule has 0 N–H and O–H groups in total. The van der Waals surface area contributed by atoms with Crippen LogP contribution in [0.1, 0.15) is 13.8 Å². The van der Waals surface area contributed by atoms with Gasteiger partial charge in [-0.1, -0.05) is 45.7 Å². The molecule has 0 fully saturated rings. The summed E-state index contributed by atoms with van der Waals surface area (Å²) in [5, 5.41) is 0.908. The van der Waals surface area contributed by atoms with Crippen molar-refractivity contribution in [3.8, 4) is 5.75 Å². The minimum absolute atomic E-state index is 0.117. The predicted molar refractivity (Wildman–Crippen MR) is 82.6 cm³/mol. The third-order valence-electron chi connectivity index (χ3n) is 1.93. The molecule has 0 bridgehead atoms. The van der Waals surface area contributed by atoms with Crippen LogP contribution in [0.5, 0.6) is 5.75 Å². The van der Waals surface area contributed by atoms with Crippen molar-refractivity contribution >= 4 is 63.7 Å². The van der Waals surface area contributed by atoms with E-state index in [2.05, 4.69) is 77.6 Å². The Morgan fingerprint density at radius 3 is 2.06 bits per heavy atom.